The van der Waals surface area contributed by atoms with E-state index in [9.17, 15) is 9.59 Å². The van der Waals surface area contributed by atoms with Gasteiger partial charge in [0.25, 0.3) is 5.91 Å². The second kappa shape index (κ2) is 15.6. The molecule has 0 unspecified atom stereocenters. The van der Waals surface area contributed by atoms with Crippen molar-refractivity contribution in [3.63, 3.8) is 0 Å². The Kier molecular flexibility index (Phi) is 12.2. The maximum absolute atomic E-state index is 13.1. The van der Waals surface area contributed by atoms with E-state index >= 15 is 0 Å². The van der Waals surface area contributed by atoms with Gasteiger partial charge in [-0.25, -0.2) is 9.48 Å². The number of nitrogens with zero attached hydrogens (tertiary/aromatic N) is 4. The molecule has 2 atom stereocenters. The summed E-state index contributed by atoms with van der Waals surface area (Å²) in [6, 6.07) is 1.95. The van der Waals surface area contributed by atoms with Gasteiger partial charge < -0.3 is 29.6 Å². The first kappa shape index (κ1) is 32.1. The van der Waals surface area contributed by atoms with Crippen molar-refractivity contribution in [2.24, 2.45) is 0 Å². The Bertz CT molecular complexity index is 1160. The van der Waals surface area contributed by atoms with E-state index in [4.69, 9.17) is 30.5 Å². The SMILES string of the molecule is C#CCOCCOCCOCCn1cc(C(=O)Nc2cc([C@@H]3CC[C@H](OC(=O)NC(C)C)C3)nn2C(C)(C)C)cn1. The van der Waals surface area contributed by atoms with Crippen LogP contribution in [-0.2, 0) is 31.0 Å². The Morgan fingerprint density at radius 2 is 1.83 bits per heavy atom. The van der Waals surface area contributed by atoms with E-state index in [0.29, 0.717) is 57.4 Å². The maximum atomic E-state index is 13.1. The molecule has 1 aliphatic rings. The predicted molar refractivity (Wildman–Crippen MR) is 154 cm³/mol. The van der Waals surface area contributed by atoms with Crippen molar-refractivity contribution in [1.82, 2.24) is 24.9 Å². The predicted octanol–water partition coefficient (Wildman–Crippen LogP) is 3.54. The van der Waals surface area contributed by atoms with Crippen LogP contribution in [0.15, 0.2) is 18.5 Å². The molecule has 2 amide bonds. The van der Waals surface area contributed by atoms with Crippen LogP contribution >= 0.6 is 0 Å². The van der Waals surface area contributed by atoms with Crippen molar-refractivity contribution < 1.29 is 28.5 Å². The molecule has 0 spiro atoms. The number of alkyl carbamates (subject to hydrolysis) is 1. The highest BCUT2D eigenvalue weighted by Crippen LogP contribution is 2.37. The highest BCUT2D eigenvalue weighted by Gasteiger charge is 2.32. The van der Waals surface area contributed by atoms with Crippen LogP contribution in [0.4, 0.5) is 10.6 Å². The largest absolute Gasteiger partial charge is 0.446 e. The third kappa shape index (κ3) is 10.5. The summed E-state index contributed by atoms with van der Waals surface area (Å²) < 4.78 is 25.2. The van der Waals surface area contributed by atoms with Gasteiger partial charge in [0, 0.05) is 24.2 Å². The lowest BCUT2D eigenvalue weighted by molar-refractivity contribution is 0.0182. The van der Waals surface area contributed by atoms with Crippen LogP contribution in [-0.4, -0.2) is 83.3 Å². The number of anilines is 1. The summed E-state index contributed by atoms with van der Waals surface area (Å²) in [6.07, 6.45) is 10.1. The van der Waals surface area contributed by atoms with Crippen molar-refractivity contribution in [1.29, 1.82) is 0 Å². The van der Waals surface area contributed by atoms with Crippen LogP contribution < -0.4 is 10.6 Å². The number of ether oxygens (including phenoxy) is 4. The molecular weight excluding hydrogens is 528 g/mol. The average Bonchev–Trinajstić information content (AvgIpc) is 3.64. The lowest BCUT2D eigenvalue weighted by Crippen LogP contribution is -2.33. The second-order valence-corrected chi connectivity index (χ2v) is 11.3. The molecule has 3 rings (SSSR count). The summed E-state index contributed by atoms with van der Waals surface area (Å²) in [7, 11) is 0. The normalized spacial score (nSPS) is 17.0. The molecular formula is C29H44N6O6. The zero-order chi connectivity index (χ0) is 29.8. The van der Waals surface area contributed by atoms with Gasteiger partial charge in [-0.15, -0.1) is 6.42 Å². The van der Waals surface area contributed by atoms with Gasteiger partial charge in [0.15, 0.2) is 0 Å². The topological polar surface area (TPSA) is 131 Å². The molecule has 2 aromatic rings. The molecule has 0 radical (unpaired) electrons. The van der Waals surface area contributed by atoms with Crippen molar-refractivity contribution in [3.05, 3.63) is 29.7 Å². The number of hydrogen-bond acceptors (Lipinski definition) is 8. The van der Waals surface area contributed by atoms with Crippen molar-refractivity contribution in [2.45, 2.75) is 84.0 Å². The number of aromatic nitrogens is 4. The van der Waals surface area contributed by atoms with Crippen molar-refractivity contribution >= 4 is 17.8 Å². The molecule has 226 valence electrons. The lowest BCUT2D eigenvalue weighted by atomic mass is 10.0. The van der Waals surface area contributed by atoms with Gasteiger partial charge in [0.05, 0.1) is 62.6 Å². The zero-order valence-electron chi connectivity index (χ0n) is 24.9. The molecule has 1 aliphatic carbocycles. The van der Waals surface area contributed by atoms with Crippen molar-refractivity contribution in [2.75, 3.05) is 45.0 Å². The molecule has 0 aliphatic heterocycles. The monoisotopic (exact) mass is 572 g/mol. The third-order valence-corrected chi connectivity index (χ3v) is 6.38. The first-order valence-corrected chi connectivity index (χ1v) is 14.1. The Balaban J connectivity index is 1.50. The third-order valence-electron chi connectivity index (χ3n) is 6.38. The van der Waals surface area contributed by atoms with E-state index in [-0.39, 0.29) is 36.1 Å². The smallest absolute Gasteiger partial charge is 0.407 e. The van der Waals surface area contributed by atoms with Crippen molar-refractivity contribution in [3.8, 4) is 12.3 Å². The molecule has 2 N–H and O–H groups in total. The first-order chi connectivity index (χ1) is 19.6. The summed E-state index contributed by atoms with van der Waals surface area (Å²) in [5.41, 5.74) is 0.962. The standard InChI is InChI=1S/C29H44N6O6/c1-7-11-38-13-15-40-16-14-39-12-10-34-20-23(19-30-34)27(36)32-26-18-25(33-35(26)29(4,5)6)22-8-9-24(17-22)41-28(37)31-21(2)3/h1,18-22,24H,8-17H2,2-6H3,(H,31,37)(H,32,36)/t22-,24+/m1/s1. The number of hydrogen-bond donors (Lipinski definition) is 2. The van der Waals surface area contributed by atoms with Gasteiger partial charge in [-0.2, -0.15) is 10.2 Å². The summed E-state index contributed by atoms with van der Waals surface area (Å²) in [6.45, 7) is 12.9. The maximum Gasteiger partial charge on any atom is 0.407 e. The van der Waals surface area contributed by atoms with Crippen LogP contribution in [0, 0.1) is 12.3 Å². The summed E-state index contributed by atoms with van der Waals surface area (Å²) >= 11 is 0. The second-order valence-electron chi connectivity index (χ2n) is 11.3. The van der Waals surface area contributed by atoms with Crippen LogP contribution in [0.5, 0.6) is 0 Å². The zero-order valence-corrected chi connectivity index (χ0v) is 24.9. The fourth-order valence-corrected chi connectivity index (χ4v) is 4.46. The minimum Gasteiger partial charge on any atom is -0.446 e. The number of nitrogens with one attached hydrogen (secondary N) is 2. The summed E-state index contributed by atoms with van der Waals surface area (Å²) in [4.78, 5) is 25.1. The fraction of sp³-hybridized carbons (Fsp3) is 0.655. The quantitative estimate of drug-likeness (QED) is 0.245. The fourth-order valence-electron chi connectivity index (χ4n) is 4.46. The number of carbonyl (C=O) groups excluding carboxylic acids is 2. The molecule has 2 aromatic heterocycles. The molecule has 41 heavy (non-hydrogen) atoms. The summed E-state index contributed by atoms with van der Waals surface area (Å²) in [5, 5.41) is 14.9. The average molecular weight is 573 g/mol. The van der Waals surface area contributed by atoms with Gasteiger partial charge in [-0.05, 0) is 53.9 Å². The van der Waals surface area contributed by atoms with Crippen LogP contribution in [0.1, 0.15) is 75.9 Å². The molecule has 1 saturated carbocycles. The molecule has 0 aromatic carbocycles. The number of rotatable bonds is 15. The molecule has 2 heterocycles. The van der Waals surface area contributed by atoms with Crippen LogP contribution in [0.3, 0.4) is 0 Å². The van der Waals surface area contributed by atoms with Gasteiger partial charge in [-0.1, -0.05) is 5.92 Å². The Hall–Kier alpha value is -3.40. The highest BCUT2D eigenvalue weighted by molar-refractivity contribution is 6.03. The summed E-state index contributed by atoms with van der Waals surface area (Å²) in [5.74, 6) is 2.88. The van der Waals surface area contributed by atoms with Gasteiger partial charge in [0.1, 0.15) is 18.5 Å². The lowest BCUT2D eigenvalue weighted by Gasteiger charge is -2.22. The molecule has 0 saturated heterocycles. The first-order valence-electron chi connectivity index (χ1n) is 14.1. The molecule has 12 nitrogen and oxygen atoms in total. The number of amides is 2. The Morgan fingerprint density at radius 1 is 1.12 bits per heavy atom. The molecule has 1 fully saturated rings. The Labute approximate surface area is 242 Å². The van der Waals surface area contributed by atoms with Crippen LogP contribution in [0.25, 0.3) is 0 Å². The van der Waals surface area contributed by atoms with E-state index in [2.05, 4.69) is 21.7 Å². The van der Waals surface area contributed by atoms with Gasteiger partial charge in [0.2, 0.25) is 0 Å². The van der Waals surface area contributed by atoms with Gasteiger partial charge in [-0.3, -0.25) is 9.48 Å². The minimum absolute atomic E-state index is 0.0234. The van der Waals surface area contributed by atoms with E-state index in [1.807, 2.05) is 45.4 Å². The number of terminal acetylenes is 1. The van der Waals surface area contributed by atoms with E-state index in [0.717, 1.165) is 18.5 Å². The minimum atomic E-state index is -0.390. The molecule has 12 heteroatoms. The highest BCUT2D eigenvalue weighted by atomic mass is 16.6. The molecule has 0 bridgehead atoms. The van der Waals surface area contributed by atoms with E-state index in [1.165, 1.54) is 6.20 Å². The van der Waals surface area contributed by atoms with E-state index < -0.39 is 6.09 Å². The number of carbonyl (C=O) groups is 2. The van der Waals surface area contributed by atoms with Crippen LogP contribution in [0.2, 0.25) is 0 Å². The van der Waals surface area contributed by atoms with Gasteiger partial charge >= 0.3 is 6.09 Å². The Morgan fingerprint density at radius 3 is 2.51 bits per heavy atom. The van der Waals surface area contributed by atoms with E-state index in [1.54, 1.807) is 10.9 Å².